The number of amides is 1. The zero-order valence-electron chi connectivity index (χ0n) is 15.2. The second-order valence-corrected chi connectivity index (χ2v) is 9.89. The summed E-state index contributed by atoms with van der Waals surface area (Å²) in [5, 5.41) is 0. The minimum Gasteiger partial charge on any atom is -0.376 e. The molecule has 4 unspecified atom stereocenters. The minimum absolute atomic E-state index is 0.0125. The Labute approximate surface area is 150 Å². The first-order valence-electron chi connectivity index (χ1n) is 9.31. The maximum absolute atomic E-state index is 13.0. The van der Waals surface area contributed by atoms with E-state index in [2.05, 4.69) is 11.8 Å². The summed E-state index contributed by atoms with van der Waals surface area (Å²) in [5.74, 6) is 0.275. The third-order valence-electron chi connectivity index (χ3n) is 5.47. The topological polar surface area (TPSA) is 76.2 Å². The Morgan fingerprint density at radius 3 is 2.68 bits per heavy atom. The molecule has 4 atom stereocenters. The van der Waals surface area contributed by atoms with Gasteiger partial charge in [-0.05, 0) is 33.1 Å². The molecule has 3 rings (SSSR count). The molecule has 0 bridgehead atoms. The Bertz CT molecular complexity index is 576. The second-order valence-electron chi connectivity index (χ2n) is 7.66. The molecule has 3 fully saturated rings. The molecule has 0 aromatic heterocycles. The summed E-state index contributed by atoms with van der Waals surface area (Å²) in [7, 11) is -3.03. The van der Waals surface area contributed by atoms with Gasteiger partial charge in [0.1, 0.15) is 0 Å². The number of ether oxygens (including phenoxy) is 2. The molecular weight excluding hydrogens is 344 g/mol. The van der Waals surface area contributed by atoms with Crippen LogP contribution in [0.3, 0.4) is 0 Å². The lowest BCUT2D eigenvalue weighted by atomic mass is 10.1. The van der Waals surface area contributed by atoms with E-state index in [0.29, 0.717) is 26.1 Å². The Morgan fingerprint density at radius 2 is 2.04 bits per heavy atom. The number of sulfone groups is 1. The van der Waals surface area contributed by atoms with E-state index < -0.39 is 9.84 Å². The van der Waals surface area contributed by atoms with Gasteiger partial charge in [0.2, 0.25) is 5.91 Å². The van der Waals surface area contributed by atoms with Crippen LogP contribution in [-0.2, 0) is 24.1 Å². The number of rotatable bonds is 5. The average molecular weight is 375 g/mol. The van der Waals surface area contributed by atoms with Gasteiger partial charge in [0.15, 0.2) is 9.84 Å². The van der Waals surface area contributed by atoms with Crippen LogP contribution in [0, 0.1) is 0 Å². The van der Waals surface area contributed by atoms with E-state index in [4.69, 9.17) is 9.47 Å². The number of nitrogens with zero attached hydrogens (tertiary/aromatic N) is 2. The maximum Gasteiger partial charge on any atom is 0.237 e. The molecule has 3 aliphatic rings. The van der Waals surface area contributed by atoms with Crippen LogP contribution in [0.2, 0.25) is 0 Å². The van der Waals surface area contributed by atoms with Crippen LogP contribution >= 0.6 is 0 Å². The first kappa shape index (κ1) is 19.1. The van der Waals surface area contributed by atoms with Crippen LogP contribution in [0.25, 0.3) is 0 Å². The Morgan fingerprint density at radius 1 is 1.24 bits per heavy atom. The third kappa shape index (κ3) is 4.93. The van der Waals surface area contributed by atoms with E-state index in [1.807, 2.05) is 6.92 Å². The molecule has 0 radical (unpaired) electrons. The molecule has 144 valence electrons. The molecule has 25 heavy (non-hydrogen) atoms. The highest BCUT2D eigenvalue weighted by Gasteiger charge is 2.37. The first-order valence-corrected chi connectivity index (χ1v) is 11.1. The van der Waals surface area contributed by atoms with Crippen LogP contribution in [-0.4, -0.2) is 92.8 Å². The van der Waals surface area contributed by atoms with Crippen molar-refractivity contribution in [3.63, 3.8) is 0 Å². The fraction of sp³-hybridized carbons (Fsp3) is 0.941. The van der Waals surface area contributed by atoms with Crippen molar-refractivity contribution in [2.75, 3.05) is 44.4 Å². The summed E-state index contributed by atoms with van der Waals surface area (Å²) in [6.45, 7) is 6.97. The number of hydrogen-bond acceptors (Lipinski definition) is 6. The highest BCUT2D eigenvalue weighted by atomic mass is 32.2. The van der Waals surface area contributed by atoms with E-state index in [9.17, 15) is 13.2 Å². The van der Waals surface area contributed by atoms with Gasteiger partial charge in [0.05, 0.1) is 36.9 Å². The average Bonchev–Trinajstić information content (AvgIpc) is 3.17. The fourth-order valence-corrected chi connectivity index (χ4v) is 5.67. The highest BCUT2D eigenvalue weighted by molar-refractivity contribution is 7.91. The van der Waals surface area contributed by atoms with E-state index >= 15 is 0 Å². The molecule has 0 N–H and O–H groups in total. The first-order chi connectivity index (χ1) is 11.8. The second kappa shape index (κ2) is 7.90. The Hall–Kier alpha value is -0.700. The van der Waals surface area contributed by atoms with Gasteiger partial charge in [-0.3, -0.25) is 9.69 Å². The van der Waals surface area contributed by atoms with Crippen molar-refractivity contribution in [1.29, 1.82) is 0 Å². The van der Waals surface area contributed by atoms with Gasteiger partial charge in [-0.2, -0.15) is 0 Å². The maximum atomic E-state index is 13.0. The molecule has 0 saturated carbocycles. The van der Waals surface area contributed by atoms with Crippen LogP contribution in [0.4, 0.5) is 0 Å². The van der Waals surface area contributed by atoms with Crippen LogP contribution in [0.5, 0.6) is 0 Å². The normalized spacial score (nSPS) is 35.8. The van der Waals surface area contributed by atoms with E-state index in [-0.39, 0.29) is 41.7 Å². The summed E-state index contributed by atoms with van der Waals surface area (Å²) >= 11 is 0. The lowest BCUT2D eigenvalue weighted by Gasteiger charge is -2.38. The predicted molar refractivity (Wildman–Crippen MR) is 94.2 cm³/mol. The van der Waals surface area contributed by atoms with E-state index in [1.165, 1.54) is 0 Å². The van der Waals surface area contributed by atoms with Gasteiger partial charge in [0, 0.05) is 31.8 Å². The van der Waals surface area contributed by atoms with Gasteiger partial charge in [-0.15, -0.1) is 0 Å². The van der Waals surface area contributed by atoms with Gasteiger partial charge in [-0.25, -0.2) is 8.42 Å². The van der Waals surface area contributed by atoms with Gasteiger partial charge in [-0.1, -0.05) is 0 Å². The molecule has 0 spiro atoms. The molecule has 3 heterocycles. The van der Waals surface area contributed by atoms with Crippen LogP contribution < -0.4 is 0 Å². The van der Waals surface area contributed by atoms with Crippen molar-refractivity contribution >= 4 is 15.7 Å². The van der Waals surface area contributed by atoms with Crippen molar-refractivity contribution in [2.45, 2.75) is 57.4 Å². The Kier molecular flexibility index (Phi) is 6.03. The van der Waals surface area contributed by atoms with Gasteiger partial charge in [0.25, 0.3) is 0 Å². The SMILES string of the molecule is CC1CN(CC(=O)N(CC2CCCO2)C2CCS(=O)(=O)C2)C(C)CO1. The molecule has 8 heteroatoms. The predicted octanol–water partition coefficient (Wildman–Crippen LogP) is 0.290. The monoisotopic (exact) mass is 374 g/mol. The van der Waals surface area contributed by atoms with Gasteiger partial charge >= 0.3 is 0 Å². The number of carbonyl (C=O) groups excluding carboxylic acids is 1. The molecule has 3 aliphatic heterocycles. The fourth-order valence-electron chi connectivity index (χ4n) is 3.94. The zero-order chi connectivity index (χ0) is 18.0. The molecular formula is C17H30N2O5S. The Balaban J connectivity index is 1.67. The molecule has 7 nitrogen and oxygen atoms in total. The van der Waals surface area contributed by atoms with Crippen LogP contribution in [0.15, 0.2) is 0 Å². The number of hydrogen-bond donors (Lipinski definition) is 0. The van der Waals surface area contributed by atoms with Gasteiger partial charge < -0.3 is 14.4 Å². The number of morpholine rings is 1. The quantitative estimate of drug-likeness (QED) is 0.689. The summed E-state index contributed by atoms with van der Waals surface area (Å²) < 4.78 is 35.1. The molecule has 3 saturated heterocycles. The minimum atomic E-state index is -3.03. The zero-order valence-corrected chi connectivity index (χ0v) is 16.0. The summed E-state index contributed by atoms with van der Waals surface area (Å²) in [4.78, 5) is 17.0. The molecule has 1 amide bonds. The molecule has 0 aromatic carbocycles. The van der Waals surface area contributed by atoms with Crippen molar-refractivity contribution in [3.8, 4) is 0 Å². The highest BCUT2D eigenvalue weighted by Crippen LogP contribution is 2.22. The third-order valence-corrected chi connectivity index (χ3v) is 7.22. The van der Waals surface area contributed by atoms with Crippen molar-refractivity contribution in [2.24, 2.45) is 0 Å². The standard InChI is InChI=1S/C17H30N2O5S/c1-13-11-24-14(2)8-18(13)10-17(20)19(9-16-4-3-6-23-16)15-5-7-25(21,22)12-15/h13-16H,3-12H2,1-2H3. The largest absolute Gasteiger partial charge is 0.376 e. The molecule has 0 aromatic rings. The van der Waals surface area contributed by atoms with E-state index in [1.54, 1.807) is 4.90 Å². The summed E-state index contributed by atoms with van der Waals surface area (Å²) in [5.41, 5.74) is 0. The summed E-state index contributed by atoms with van der Waals surface area (Å²) in [6.07, 6.45) is 2.63. The number of carbonyl (C=O) groups is 1. The molecule has 0 aliphatic carbocycles. The van der Waals surface area contributed by atoms with Crippen LogP contribution in [0.1, 0.15) is 33.1 Å². The van der Waals surface area contributed by atoms with Crippen molar-refractivity contribution in [1.82, 2.24) is 9.80 Å². The summed E-state index contributed by atoms with van der Waals surface area (Å²) in [6, 6.07) is -0.0208. The smallest absolute Gasteiger partial charge is 0.237 e. The van der Waals surface area contributed by atoms with Crippen molar-refractivity contribution < 1.29 is 22.7 Å². The lowest BCUT2D eigenvalue weighted by molar-refractivity contribution is -0.139. The van der Waals surface area contributed by atoms with Crippen molar-refractivity contribution in [3.05, 3.63) is 0 Å². The lowest BCUT2D eigenvalue weighted by Crippen LogP contribution is -2.54. The van der Waals surface area contributed by atoms with E-state index in [0.717, 1.165) is 26.0 Å².